The molecule has 0 spiro atoms. The molecule has 0 aliphatic carbocycles. The van der Waals surface area contributed by atoms with E-state index in [1.165, 1.54) is 12.5 Å². The van der Waals surface area contributed by atoms with E-state index in [9.17, 15) is 4.79 Å². The van der Waals surface area contributed by atoms with Crippen LogP contribution in [0.4, 0.5) is 0 Å². The van der Waals surface area contributed by atoms with E-state index in [0.29, 0.717) is 6.42 Å². The van der Waals surface area contributed by atoms with Gasteiger partial charge in [0, 0.05) is 6.42 Å². The summed E-state index contributed by atoms with van der Waals surface area (Å²) < 4.78 is 20.1. The number of rotatable bonds is 5. The highest BCUT2D eigenvalue weighted by Crippen LogP contribution is 2.15. The summed E-state index contributed by atoms with van der Waals surface area (Å²) in [6.45, 7) is 0. The normalized spacial score (nSPS) is 22.7. The summed E-state index contributed by atoms with van der Waals surface area (Å²) in [6.07, 6.45) is 10.6. The van der Waals surface area contributed by atoms with Gasteiger partial charge in [0.25, 0.3) is 6.29 Å². The lowest BCUT2D eigenvalue weighted by molar-refractivity contribution is -0.137. The molecule has 1 N–H and O–H groups in total. The highest BCUT2D eigenvalue weighted by atomic mass is 16.7. The van der Waals surface area contributed by atoms with Gasteiger partial charge in [-0.05, 0) is 6.08 Å². The van der Waals surface area contributed by atoms with Crippen molar-refractivity contribution in [3.63, 3.8) is 0 Å². The zero-order valence-electron chi connectivity index (χ0n) is 9.39. The molecule has 0 aromatic heterocycles. The summed E-state index contributed by atoms with van der Waals surface area (Å²) >= 11 is 0. The van der Waals surface area contributed by atoms with E-state index >= 15 is 0 Å². The van der Waals surface area contributed by atoms with Gasteiger partial charge in [-0.25, -0.2) is 4.79 Å². The summed E-state index contributed by atoms with van der Waals surface area (Å²) in [7, 11) is 0. The average Bonchev–Trinajstić information content (AvgIpc) is 2.98. The van der Waals surface area contributed by atoms with Crippen molar-refractivity contribution in [1.29, 1.82) is 0 Å². The summed E-state index contributed by atoms with van der Waals surface area (Å²) in [5.41, 5.74) is 0. The van der Waals surface area contributed by atoms with Gasteiger partial charge in [0.2, 0.25) is 12.0 Å². The Bertz CT molecular complexity index is 412. The fraction of sp³-hybridized carbons (Fsp3) is 0.250. The average molecular weight is 252 g/mol. The quantitative estimate of drug-likeness (QED) is 0.749. The Hall–Kier alpha value is -2.37. The lowest BCUT2D eigenvalue weighted by Gasteiger charge is -2.05. The molecule has 0 fully saturated rings. The first-order valence-corrected chi connectivity index (χ1v) is 5.30. The van der Waals surface area contributed by atoms with Crippen LogP contribution in [-0.2, 0) is 23.7 Å². The minimum atomic E-state index is -1.15. The molecule has 6 nitrogen and oxygen atoms in total. The number of hydrogen-bond acceptors (Lipinski definition) is 5. The van der Waals surface area contributed by atoms with Gasteiger partial charge in [-0.1, -0.05) is 18.2 Å². The van der Waals surface area contributed by atoms with E-state index in [0.717, 1.165) is 6.26 Å². The second-order valence-corrected chi connectivity index (χ2v) is 3.43. The number of ether oxygens (including phenoxy) is 4. The fourth-order valence-corrected chi connectivity index (χ4v) is 1.30. The molecule has 0 radical (unpaired) electrons. The molecule has 0 amide bonds. The Morgan fingerprint density at radius 2 is 2.06 bits per heavy atom. The molecule has 1 unspecified atom stereocenters. The van der Waals surface area contributed by atoms with Crippen LogP contribution >= 0.6 is 0 Å². The fourth-order valence-electron chi connectivity index (χ4n) is 1.30. The van der Waals surface area contributed by atoms with Gasteiger partial charge in [-0.2, -0.15) is 0 Å². The van der Waals surface area contributed by atoms with Gasteiger partial charge >= 0.3 is 5.97 Å². The largest absolute Gasteiger partial charge is 0.475 e. The molecule has 0 saturated heterocycles. The molecule has 2 heterocycles. The molecular weight excluding hydrogens is 240 g/mol. The van der Waals surface area contributed by atoms with Crippen LogP contribution in [0.25, 0.3) is 0 Å². The standard InChI is InChI=1S/C12H12O6/c13-12(14)9-8-17-11(18-9)5-3-1-2-4-10-15-6-7-16-10/h1-3,5-8,10-11H,4H2,(H,13,14)/b2-1+,5-3+. The Balaban J connectivity index is 1.66. The van der Waals surface area contributed by atoms with E-state index in [1.54, 1.807) is 18.2 Å². The first-order chi connectivity index (χ1) is 8.75. The molecule has 96 valence electrons. The van der Waals surface area contributed by atoms with Crippen molar-refractivity contribution in [2.75, 3.05) is 0 Å². The van der Waals surface area contributed by atoms with Crippen LogP contribution in [0.15, 0.2) is 48.8 Å². The SMILES string of the molecule is O=C(O)C1=COC(/C=C/C=C/CC2OC=CO2)O1. The third-order valence-corrected chi connectivity index (χ3v) is 2.12. The van der Waals surface area contributed by atoms with Crippen molar-refractivity contribution in [1.82, 2.24) is 0 Å². The van der Waals surface area contributed by atoms with Crippen LogP contribution in [0.5, 0.6) is 0 Å². The highest BCUT2D eigenvalue weighted by molar-refractivity contribution is 5.84. The summed E-state index contributed by atoms with van der Waals surface area (Å²) in [6, 6.07) is 0. The Labute approximate surface area is 103 Å². The third-order valence-electron chi connectivity index (χ3n) is 2.12. The molecule has 0 saturated carbocycles. The van der Waals surface area contributed by atoms with Crippen molar-refractivity contribution in [3.05, 3.63) is 48.8 Å². The van der Waals surface area contributed by atoms with E-state index in [4.69, 9.17) is 24.1 Å². The number of aliphatic carboxylic acids is 1. The topological polar surface area (TPSA) is 74.2 Å². The number of hydrogen-bond donors (Lipinski definition) is 1. The molecule has 0 bridgehead atoms. The van der Waals surface area contributed by atoms with Gasteiger partial charge < -0.3 is 24.1 Å². The summed E-state index contributed by atoms with van der Waals surface area (Å²) in [5, 5.41) is 8.62. The van der Waals surface area contributed by atoms with Gasteiger partial charge in [-0.15, -0.1) is 0 Å². The van der Waals surface area contributed by atoms with Gasteiger partial charge in [0.05, 0.1) is 0 Å². The van der Waals surface area contributed by atoms with Crippen molar-refractivity contribution < 1.29 is 28.8 Å². The predicted molar refractivity (Wildman–Crippen MR) is 59.7 cm³/mol. The maximum atomic E-state index is 10.5. The second kappa shape index (κ2) is 5.81. The second-order valence-electron chi connectivity index (χ2n) is 3.43. The van der Waals surface area contributed by atoms with Crippen molar-refractivity contribution >= 4 is 5.97 Å². The lowest BCUT2D eigenvalue weighted by Crippen LogP contribution is -2.07. The number of carbonyl (C=O) groups is 1. The molecule has 2 rings (SSSR count). The molecule has 18 heavy (non-hydrogen) atoms. The Morgan fingerprint density at radius 3 is 2.72 bits per heavy atom. The number of carboxylic acid groups (broad SMARTS) is 1. The minimum absolute atomic E-state index is 0.201. The smallest absolute Gasteiger partial charge is 0.374 e. The first kappa shape index (κ1) is 12.1. The van der Waals surface area contributed by atoms with E-state index in [-0.39, 0.29) is 12.0 Å². The van der Waals surface area contributed by atoms with Gasteiger partial charge in [-0.3, -0.25) is 0 Å². The molecule has 2 aliphatic rings. The zero-order chi connectivity index (χ0) is 12.8. The van der Waals surface area contributed by atoms with Crippen LogP contribution in [0.1, 0.15) is 6.42 Å². The predicted octanol–water partition coefficient (Wildman–Crippen LogP) is 1.63. The Morgan fingerprint density at radius 1 is 1.28 bits per heavy atom. The molecule has 1 atom stereocenters. The van der Waals surface area contributed by atoms with E-state index in [1.807, 2.05) is 6.08 Å². The molecule has 2 aliphatic heterocycles. The van der Waals surface area contributed by atoms with Crippen molar-refractivity contribution in [2.24, 2.45) is 0 Å². The monoisotopic (exact) mass is 252 g/mol. The highest BCUT2D eigenvalue weighted by Gasteiger charge is 2.21. The van der Waals surface area contributed by atoms with Gasteiger partial charge in [0.15, 0.2) is 0 Å². The van der Waals surface area contributed by atoms with Crippen LogP contribution < -0.4 is 0 Å². The van der Waals surface area contributed by atoms with Crippen LogP contribution in [0, 0.1) is 0 Å². The number of carboxylic acids is 1. The Kier molecular flexibility index (Phi) is 3.90. The van der Waals surface area contributed by atoms with Crippen LogP contribution in [0.3, 0.4) is 0 Å². The molecule has 0 aromatic carbocycles. The van der Waals surface area contributed by atoms with Gasteiger partial charge in [0.1, 0.15) is 18.8 Å². The molecular formula is C12H12O6. The minimum Gasteiger partial charge on any atom is -0.475 e. The summed E-state index contributed by atoms with van der Waals surface area (Å²) in [5.74, 6) is -1.35. The van der Waals surface area contributed by atoms with Crippen LogP contribution in [-0.4, -0.2) is 23.7 Å². The maximum absolute atomic E-state index is 10.5. The van der Waals surface area contributed by atoms with E-state index in [2.05, 4.69) is 0 Å². The van der Waals surface area contributed by atoms with E-state index < -0.39 is 12.3 Å². The van der Waals surface area contributed by atoms with Crippen molar-refractivity contribution in [3.8, 4) is 0 Å². The summed E-state index contributed by atoms with van der Waals surface area (Å²) in [4.78, 5) is 10.5. The lowest BCUT2D eigenvalue weighted by atomic mass is 10.3. The maximum Gasteiger partial charge on any atom is 0.374 e. The van der Waals surface area contributed by atoms with Crippen molar-refractivity contribution in [2.45, 2.75) is 19.0 Å². The third kappa shape index (κ3) is 3.31. The zero-order valence-corrected chi connectivity index (χ0v) is 9.39. The first-order valence-electron chi connectivity index (χ1n) is 5.30. The van der Waals surface area contributed by atoms with Crippen LogP contribution in [0.2, 0.25) is 0 Å². The number of allylic oxidation sites excluding steroid dienone is 2. The molecule has 6 heteroatoms. The molecule has 0 aromatic rings.